The van der Waals surface area contributed by atoms with Crippen LogP contribution in [0.3, 0.4) is 0 Å². The molecule has 1 aliphatic heterocycles. The summed E-state index contributed by atoms with van der Waals surface area (Å²) in [4.78, 5) is 30.3. The molecule has 1 aliphatic rings. The van der Waals surface area contributed by atoms with E-state index < -0.39 is 6.03 Å². The molecule has 2 aromatic rings. The lowest BCUT2D eigenvalue weighted by Crippen LogP contribution is -2.47. The first kappa shape index (κ1) is 19.4. The molecule has 0 bridgehead atoms. The molecular formula is C19H29N5O3. The van der Waals surface area contributed by atoms with Crippen LogP contribution in [0.4, 0.5) is 4.79 Å². The fourth-order valence-electron chi connectivity index (χ4n) is 3.49. The summed E-state index contributed by atoms with van der Waals surface area (Å²) in [7, 11) is 3.68. The van der Waals surface area contributed by atoms with Crippen molar-refractivity contribution < 1.29 is 9.53 Å². The van der Waals surface area contributed by atoms with Crippen LogP contribution in [-0.4, -0.2) is 78.4 Å². The van der Waals surface area contributed by atoms with E-state index in [0.717, 1.165) is 38.2 Å². The minimum Gasteiger partial charge on any atom is -0.497 e. The number of likely N-dealkylation sites (N-methyl/N-ethyl adjacent to an activating group) is 1. The number of piperazine rings is 1. The number of methoxy groups -OCH3 is 1. The van der Waals surface area contributed by atoms with Crippen molar-refractivity contribution in [3.8, 4) is 5.75 Å². The molecule has 2 heterocycles. The monoisotopic (exact) mass is 375 g/mol. The quantitative estimate of drug-likeness (QED) is 0.850. The predicted octanol–water partition coefficient (Wildman–Crippen LogP) is 1.20. The van der Waals surface area contributed by atoms with Gasteiger partial charge in [0.25, 0.3) is 0 Å². The first-order chi connectivity index (χ1) is 12.9. The summed E-state index contributed by atoms with van der Waals surface area (Å²) < 4.78 is 8.11. The number of nitrogens with one attached hydrogen (secondary N) is 1. The fraction of sp³-hybridized carbons (Fsp3) is 0.579. The number of amides is 1. The average molecular weight is 375 g/mol. The molecule has 0 spiro atoms. The number of hydrogen-bond donors (Lipinski definition) is 1. The van der Waals surface area contributed by atoms with Crippen molar-refractivity contribution in [2.75, 3.05) is 53.4 Å². The van der Waals surface area contributed by atoms with Crippen molar-refractivity contribution in [2.24, 2.45) is 0 Å². The highest BCUT2D eigenvalue weighted by atomic mass is 16.5. The third-order valence-electron chi connectivity index (χ3n) is 5.10. The van der Waals surface area contributed by atoms with Crippen molar-refractivity contribution >= 4 is 17.1 Å². The summed E-state index contributed by atoms with van der Waals surface area (Å²) in [5.41, 5.74) is 0.959. The topological polar surface area (TPSA) is 71.7 Å². The summed E-state index contributed by atoms with van der Waals surface area (Å²) >= 11 is 0. The Kier molecular flexibility index (Phi) is 5.86. The number of ether oxygens (including phenoxy) is 1. The predicted molar refractivity (Wildman–Crippen MR) is 106 cm³/mol. The summed E-state index contributed by atoms with van der Waals surface area (Å²) in [6, 6.07) is 4.91. The second-order valence-corrected chi connectivity index (χ2v) is 7.31. The molecule has 0 radical (unpaired) electrons. The Bertz CT molecular complexity index is 862. The first-order valence-electron chi connectivity index (χ1n) is 9.42. The van der Waals surface area contributed by atoms with E-state index in [2.05, 4.69) is 22.2 Å². The number of carbonyl (C=O) groups excluding carboxylic acids is 1. The molecule has 8 heteroatoms. The normalized spacial score (nSPS) is 16.2. The smallest absolute Gasteiger partial charge is 0.337 e. The van der Waals surface area contributed by atoms with E-state index in [-0.39, 0.29) is 11.7 Å². The molecule has 1 N–H and O–H groups in total. The van der Waals surface area contributed by atoms with Gasteiger partial charge in [0, 0.05) is 51.4 Å². The Labute approximate surface area is 159 Å². The highest BCUT2D eigenvalue weighted by Crippen LogP contribution is 2.22. The van der Waals surface area contributed by atoms with Crippen LogP contribution in [0.15, 0.2) is 23.0 Å². The standard InChI is InChI=1S/C19H29N5O3/c1-14(2)23-16-6-5-15(27-4)13-17(16)24(19(23)26)18(25)20-7-8-22-11-9-21(3)10-12-22/h5-6,13-14H,7-12H2,1-4H3,(H,20,25). The number of hydrogen-bond acceptors (Lipinski definition) is 5. The van der Waals surface area contributed by atoms with Gasteiger partial charge in [-0.05, 0) is 33.0 Å². The van der Waals surface area contributed by atoms with Gasteiger partial charge in [0.15, 0.2) is 0 Å². The zero-order valence-electron chi connectivity index (χ0n) is 16.6. The van der Waals surface area contributed by atoms with E-state index in [4.69, 9.17) is 4.74 Å². The molecule has 1 fully saturated rings. The number of imidazole rings is 1. The van der Waals surface area contributed by atoms with Gasteiger partial charge in [0.05, 0.1) is 18.1 Å². The molecule has 0 aliphatic carbocycles. The number of carbonyl (C=O) groups is 1. The molecule has 1 saturated heterocycles. The molecule has 1 aromatic heterocycles. The van der Waals surface area contributed by atoms with Crippen molar-refractivity contribution in [1.29, 1.82) is 0 Å². The maximum atomic E-state index is 12.9. The van der Waals surface area contributed by atoms with Crippen LogP contribution in [-0.2, 0) is 0 Å². The third-order valence-corrected chi connectivity index (χ3v) is 5.10. The zero-order valence-corrected chi connectivity index (χ0v) is 16.6. The van der Waals surface area contributed by atoms with Gasteiger partial charge < -0.3 is 15.0 Å². The van der Waals surface area contributed by atoms with E-state index in [0.29, 0.717) is 17.8 Å². The molecule has 0 unspecified atom stereocenters. The number of aromatic nitrogens is 2. The zero-order chi connectivity index (χ0) is 19.6. The lowest BCUT2D eigenvalue weighted by atomic mass is 10.2. The van der Waals surface area contributed by atoms with Crippen LogP contribution in [0, 0.1) is 0 Å². The number of rotatable bonds is 5. The Morgan fingerprint density at radius 1 is 1.19 bits per heavy atom. The molecule has 27 heavy (non-hydrogen) atoms. The Hall–Kier alpha value is -2.32. The second kappa shape index (κ2) is 8.14. The third kappa shape index (κ3) is 4.01. The van der Waals surface area contributed by atoms with E-state index in [1.54, 1.807) is 23.8 Å². The van der Waals surface area contributed by atoms with E-state index in [9.17, 15) is 9.59 Å². The molecule has 3 rings (SSSR count). The lowest BCUT2D eigenvalue weighted by molar-refractivity contribution is 0.155. The van der Waals surface area contributed by atoms with Gasteiger partial charge in [0.2, 0.25) is 0 Å². The highest BCUT2D eigenvalue weighted by Gasteiger charge is 2.21. The van der Waals surface area contributed by atoms with E-state index in [1.807, 2.05) is 19.9 Å². The summed E-state index contributed by atoms with van der Waals surface area (Å²) in [6.07, 6.45) is 0. The fourth-order valence-corrected chi connectivity index (χ4v) is 3.49. The van der Waals surface area contributed by atoms with Gasteiger partial charge >= 0.3 is 11.7 Å². The molecule has 1 amide bonds. The first-order valence-corrected chi connectivity index (χ1v) is 9.42. The molecule has 0 saturated carbocycles. The van der Waals surface area contributed by atoms with E-state index in [1.165, 1.54) is 4.57 Å². The molecule has 1 aromatic carbocycles. The molecule has 0 atom stereocenters. The van der Waals surface area contributed by atoms with Gasteiger partial charge in [0.1, 0.15) is 5.75 Å². The number of benzene rings is 1. The minimum absolute atomic E-state index is 0.0483. The van der Waals surface area contributed by atoms with E-state index >= 15 is 0 Å². The van der Waals surface area contributed by atoms with Crippen LogP contribution < -0.4 is 15.7 Å². The van der Waals surface area contributed by atoms with Gasteiger partial charge in [-0.25, -0.2) is 14.2 Å². The van der Waals surface area contributed by atoms with Gasteiger partial charge in [-0.3, -0.25) is 9.47 Å². The lowest BCUT2D eigenvalue weighted by Gasteiger charge is -2.32. The summed E-state index contributed by atoms with van der Waals surface area (Å²) in [6.45, 7) is 9.21. The largest absolute Gasteiger partial charge is 0.497 e. The van der Waals surface area contributed by atoms with Crippen LogP contribution >= 0.6 is 0 Å². The Balaban J connectivity index is 1.79. The second-order valence-electron chi connectivity index (χ2n) is 7.31. The Morgan fingerprint density at radius 3 is 2.52 bits per heavy atom. The highest BCUT2D eigenvalue weighted by molar-refractivity contribution is 5.90. The van der Waals surface area contributed by atoms with Crippen LogP contribution in [0.1, 0.15) is 19.9 Å². The van der Waals surface area contributed by atoms with Gasteiger partial charge in [-0.2, -0.15) is 0 Å². The summed E-state index contributed by atoms with van der Waals surface area (Å²) in [5.74, 6) is 0.613. The average Bonchev–Trinajstić information content (AvgIpc) is 2.94. The van der Waals surface area contributed by atoms with Crippen LogP contribution in [0.2, 0.25) is 0 Å². The van der Waals surface area contributed by atoms with Crippen molar-refractivity contribution in [3.05, 3.63) is 28.7 Å². The molecule has 148 valence electrons. The summed E-state index contributed by atoms with van der Waals surface area (Å²) in [5, 5.41) is 2.89. The maximum Gasteiger partial charge on any atom is 0.337 e. The maximum absolute atomic E-state index is 12.9. The van der Waals surface area contributed by atoms with Crippen molar-refractivity contribution in [3.63, 3.8) is 0 Å². The van der Waals surface area contributed by atoms with Crippen molar-refractivity contribution in [1.82, 2.24) is 24.3 Å². The molecule has 8 nitrogen and oxygen atoms in total. The molecular weight excluding hydrogens is 346 g/mol. The van der Waals surface area contributed by atoms with Crippen molar-refractivity contribution in [2.45, 2.75) is 19.9 Å². The Morgan fingerprint density at radius 2 is 1.89 bits per heavy atom. The SMILES string of the molecule is COc1ccc2c(c1)n(C(=O)NCCN1CCN(C)CC1)c(=O)n2C(C)C. The van der Waals surface area contributed by atoms with Crippen LogP contribution in [0.25, 0.3) is 11.0 Å². The van der Waals surface area contributed by atoms with Gasteiger partial charge in [-0.1, -0.05) is 0 Å². The van der Waals surface area contributed by atoms with Gasteiger partial charge in [-0.15, -0.1) is 0 Å². The minimum atomic E-state index is -0.396. The van der Waals surface area contributed by atoms with Crippen LogP contribution in [0.5, 0.6) is 5.75 Å². The number of nitrogens with zero attached hydrogens (tertiary/aromatic N) is 4. The number of fused-ring (bicyclic) bond motifs is 1.